The molecule has 0 saturated heterocycles. The lowest BCUT2D eigenvalue weighted by Crippen LogP contribution is -2.53. The second kappa shape index (κ2) is 8.16. The first-order chi connectivity index (χ1) is 11.1. The molecule has 0 N–H and O–H groups in total. The van der Waals surface area contributed by atoms with Crippen molar-refractivity contribution in [1.29, 1.82) is 0 Å². The summed E-state index contributed by atoms with van der Waals surface area (Å²) in [6.45, 7) is 9.81. The standard InChI is InChI=1S/C21H30NO/c1-5-22(4,6-2)18(3)17-23-21-15-11-10-14-20(21)16-19-12-8-7-9-13-19/h7-15,18H,5-6,16-17H2,1-4H3/q+1. The van der Waals surface area contributed by atoms with Crippen LogP contribution in [0.4, 0.5) is 0 Å². The van der Waals surface area contributed by atoms with Gasteiger partial charge in [-0.3, -0.25) is 0 Å². The third kappa shape index (κ3) is 4.59. The lowest BCUT2D eigenvalue weighted by atomic mass is 10.0. The number of quaternary nitrogens is 1. The molecule has 0 aliphatic rings. The zero-order chi connectivity index (χ0) is 16.7. The van der Waals surface area contributed by atoms with E-state index in [2.05, 4.69) is 82.4 Å². The fourth-order valence-corrected chi connectivity index (χ4v) is 2.84. The van der Waals surface area contributed by atoms with E-state index in [9.17, 15) is 0 Å². The van der Waals surface area contributed by atoms with Crippen molar-refractivity contribution >= 4 is 0 Å². The zero-order valence-electron chi connectivity index (χ0n) is 15.0. The van der Waals surface area contributed by atoms with E-state index in [4.69, 9.17) is 4.74 Å². The molecule has 23 heavy (non-hydrogen) atoms. The van der Waals surface area contributed by atoms with E-state index in [0.717, 1.165) is 36.3 Å². The summed E-state index contributed by atoms with van der Waals surface area (Å²) in [5.74, 6) is 1.02. The van der Waals surface area contributed by atoms with Crippen LogP contribution in [0.5, 0.6) is 5.75 Å². The van der Waals surface area contributed by atoms with Crippen molar-refractivity contribution in [2.45, 2.75) is 33.2 Å². The van der Waals surface area contributed by atoms with Crippen molar-refractivity contribution in [2.75, 3.05) is 26.7 Å². The molecule has 0 aliphatic carbocycles. The van der Waals surface area contributed by atoms with Crippen LogP contribution in [-0.2, 0) is 6.42 Å². The van der Waals surface area contributed by atoms with E-state index >= 15 is 0 Å². The first-order valence-electron chi connectivity index (χ1n) is 8.68. The monoisotopic (exact) mass is 312 g/mol. The molecule has 0 aromatic heterocycles. The largest absolute Gasteiger partial charge is 0.487 e. The quantitative estimate of drug-likeness (QED) is 0.651. The van der Waals surface area contributed by atoms with Crippen LogP contribution in [0.25, 0.3) is 0 Å². The molecule has 1 unspecified atom stereocenters. The first kappa shape index (κ1) is 17.6. The second-order valence-corrected chi connectivity index (χ2v) is 6.54. The van der Waals surface area contributed by atoms with Gasteiger partial charge in [0.05, 0.1) is 20.1 Å². The van der Waals surface area contributed by atoms with Crippen molar-refractivity contribution in [3.05, 3.63) is 65.7 Å². The number of hydrogen-bond donors (Lipinski definition) is 0. The molecule has 2 heteroatoms. The highest BCUT2D eigenvalue weighted by molar-refractivity contribution is 5.37. The number of ether oxygens (including phenoxy) is 1. The Bertz CT molecular complexity index is 590. The molecule has 0 radical (unpaired) electrons. The van der Waals surface area contributed by atoms with Crippen LogP contribution < -0.4 is 4.74 Å². The highest BCUT2D eigenvalue weighted by Gasteiger charge is 2.25. The van der Waals surface area contributed by atoms with Crippen molar-refractivity contribution < 1.29 is 9.22 Å². The average molecular weight is 312 g/mol. The molecular formula is C21H30NO+. The Morgan fingerprint density at radius 1 is 0.913 bits per heavy atom. The lowest BCUT2D eigenvalue weighted by Gasteiger charge is -2.38. The molecular weight excluding hydrogens is 282 g/mol. The summed E-state index contributed by atoms with van der Waals surface area (Å²) in [4.78, 5) is 0. The highest BCUT2D eigenvalue weighted by atomic mass is 16.5. The highest BCUT2D eigenvalue weighted by Crippen LogP contribution is 2.22. The second-order valence-electron chi connectivity index (χ2n) is 6.54. The fraction of sp³-hybridized carbons (Fsp3) is 0.429. The van der Waals surface area contributed by atoms with Gasteiger partial charge >= 0.3 is 0 Å². The summed E-state index contributed by atoms with van der Waals surface area (Å²) < 4.78 is 7.25. The summed E-state index contributed by atoms with van der Waals surface area (Å²) in [6, 6.07) is 19.5. The number of hydrogen-bond acceptors (Lipinski definition) is 1. The van der Waals surface area contributed by atoms with Gasteiger partial charge in [-0.05, 0) is 38.0 Å². The summed E-state index contributed by atoms with van der Waals surface area (Å²) in [6.07, 6.45) is 0.916. The summed E-state index contributed by atoms with van der Waals surface area (Å²) in [7, 11) is 2.31. The molecule has 0 spiro atoms. The van der Waals surface area contributed by atoms with Gasteiger partial charge in [0.1, 0.15) is 18.4 Å². The predicted octanol–water partition coefficient (Wildman–Crippen LogP) is 4.53. The van der Waals surface area contributed by atoms with Gasteiger partial charge in [-0.1, -0.05) is 48.5 Å². The van der Waals surface area contributed by atoms with Crippen LogP contribution >= 0.6 is 0 Å². The number of rotatable bonds is 8. The molecule has 0 fully saturated rings. The number of likely N-dealkylation sites (N-methyl/N-ethyl adjacent to an activating group) is 1. The molecule has 2 rings (SSSR count). The van der Waals surface area contributed by atoms with Crippen molar-refractivity contribution in [3.63, 3.8) is 0 Å². The summed E-state index contributed by atoms with van der Waals surface area (Å²) in [5.41, 5.74) is 2.58. The minimum Gasteiger partial charge on any atom is -0.487 e. The van der Waals surface area contributed by atoms with Gasteiger partial charge in [-0.15, -0.1) is 0 Å². The van der Waals surface area contributed by atoms with E-state index in [0.29, 0.717) is 6.04 Å². The zero-order valence-corrected chi connectivity index (χ0v) is 15.0. The van der Waals surface area contributed by atoms with E-state index in [1.54, 1.807) is 0 Å². The van der Waals surface area contributed by atoms with Gasteiger partial charge in [-0.2, -0.15) is 0 Å². The van der Waals surface area contributed by atoms with Crippen LogP contribution in [0.1, 0.15) is 31.9 Å². The molecule has 0 bridgehead atoms. The smallest absolute Gasteiger partial charge is 0.140 e. The van der Waals surface area contributed by atoms with Gasteiger partial charge in [0.25, 0.3) is 0 Å². The minimum absolute atomic E-state index is 0.481. The Balaban J connectivity index is 2.06. The maximum absolute atomic E-state index is 6.21. The van der Waals surface area contributed by atoms with Crippen LogP contribution in [0, 0.1) is 0 Å². The Morgan fingerprint density at radius 2 is 1.52 bits per heavy atom. The maximum Gasteiger partial charge on any atom is 0.140 e. The molecule has 2 aromatic carbocycles. The summed E-state index contributed by atoms with van der Waals surface area (Å²) >= 11 is 0. The average Bonchev–Trinajstić information content (AvgIpc) is 2.61. The van der Waals surface area contributed by atoms with Gasteiger partial charge in [0.15, 0.2) is 0 Å². The lowest BCUT2D eigenvalue weighted by molar-refractivity contribution is -0.928. The van der Waals surface area contributed by atoms with E-state index in [-0.39, 0.29) is 0 Å². The number of nitrogens with zero attached hydrogens (tertiary/aromatic N) is 1. The minimum atomic E-state index is 0.481. The molecule has 124 valence electrons. The van der Waals surface area contributed by atoms with E-state index in [1.165, 1.54) is 11.1 Å². The van der Waals surface area contributed by atoms with Crippen LogP contribution in [-0.4, -0.2) is 37.3 Å². The summed E-state index contributed by atoms with van der Waals surface area (Å²) in [5, 5.41) is 0. The Morgan fingerprint density at radius 3 is 2.17 bits per heavy atom. The van der Waals surface area contributed by atoms with E-state index in [1.807, 2.05) is 0 Å². The topological polar surface area (TPSA) is 9.23 Å². The Labute approximate surface area is 141 Å². The molecule has 2 nitrogen and oxygen atoms in total. The van der Waals surface area contributed by atoms with Gasteiger partial charge in [0.2, 0.25) is 0 Å². The van der Waals surface area contributed by atoms with Crippen molar-refractivity contribution in [1.82, 2.24) is 0 Å². The van der Waals surface area contributed by atoms with Crippen LogP contribution in [0.2, 0.25) is 0 Å². The molecule has 0 saturated carbocycles. The van der Waals surface area contributed by atoms with Gasteiger partial charge in [0, 0.05) is 6.42 Å². The maximum atomic E-state index is 6.21. The van der Waals surface area contributed by atoms with E-state index < -0.39 is 0 Å². The van der Waals surface area contributed by atoms with Crippen LogP contribution in [0.15, 0.2) is 54.6 Å². The molecule has 0 heterocycles. The molecule has 0 aliphatic heterocycles. The Hall–Kier alpha value is -1.80. The number of para-hydroxylation sites is 1. The fourth-order valence-electron chi connectivity index (χ4n) is 2.84. The predicted molar refractivity (Wildman–Crippen MR) is 97.9 cm³/mol. The number of benzene rings is 2. The third-order valence-electron chi connectivity index (χ3n) is 5.20. The van der Waals surface area contributed by atoms with Gasteiger partial charge < -0.3 is 9.22 Å². The molecule has 2 aromatic rings. The SMILES string of the molecule is CC[N+](C)(CC)C(C)COc1ccccc1Cc1ccccc1. The normalized spacial score (nSPS) is 12.9. The Kier molecular flexibility index (Phi) is 6.23. The van der Waals surface area contributed by atoms with Crippen molar-refractivity contribution in [2.24, 2.45) is 0 Å². The molecule has 1 atom stereocenters. The van der Waals surface area contributed by atoms with Crippen molar-refractivity contribution in [3.8, 4) is 5.75 Å². The van der Waals surface area contributed by atoms with Gasteiger partial charge in [-0.25, -0.2) is 0 Å². The molecule has 0 amide bonds. The van der Waals surface area contributed by atoms with Crippen LogP contribution in [0.3, 0.4) is 0 Å². The third-order valence-corrected chi connectivity index (χ3v) is 5.20. The first-order valence-corrected chi connectivity index (χ1v) is 8.68.